The van der Waals surface area contributed by atoms with Gasteiger partial charge < -0.3 is 9.80 Å². The Morgan fingerprint density at radius 1 is 1.19 bits per heavy atom. The average molecular weight is 226 g/mol. The van der Waals surface area contributed by atoms with Crippen molar-refractivity contribution in [2.24, 2.45) is 0 Å². The summed E-state index contributed by atoms with van der Waals surface area (Å²) in [6.45, 7) is 8.72. The van der Waals surface area contributed by atoms with Gasteiger partial charge in [0.1, 0.15) is 0 Å². The number of likely N-dealkylation sites (N-methyl/N-ethyl adjacent to an activating group) is 1. The smallest absolute Gasteiger partial charge is 0.0958 e. The Bertz CT molecular complexity index is 207. The van der Waals surface area contributed by atoms with E-state index in [-0.39, 0.29) is 0 Å². The first-order valence-corrected chi connectivity index (χ1v) is 6.33. The lowest BCUT2D eigenvalue weighted by Crippen LogP contribution is -2.49. The fourth-order valence-corrected chi connectivity index (χ4v) is 1.98. The molecule has 0 aromatic carbocycles. The van der Waals surface area contributed by atoms with Crippen LogP contribution in [0.1, 0.15) is 19.8 Å². The second-order valence-corrected chi connectivity index (χ2v) is 4.83. The monoisotopic (exact) mass is 226 g/mol. The normalized spacial score (nSPS) is 18.1. The van der Waals surface area contributed by atoms with Crippen LogP contribution in [0.3, 0.4) is 0 Å². The maximum absolute atomic E-state index is 7.92. The molecule has 1 saturated heterocycles. The molecule has 4 nitrogen and oxygen atoms in total. The van der Waals surface area contributed by atoms with Gasteiger partial charge in [0, 0.05) is 45.7 Å². The van der Waals surface area contributed by atoms with Crippen LogP contribution in [0.5, 0.6) is 0 Å². The van der Waals surface area contributed by atoms with Crippen molar-refractivity contribution in [3.8, 4) is 0 Å². The summed E-state index contributed by atoms with van der Waals surface area (Å²) in [6, 6.07) is 0. The standard InChI is InChI=1S/C12H26N4/c1-4-5-12(13)16-10-8-15(9-11-16)7-6-14(2)3/h13H,4-11H2,1-3H3. The largest absolute Gasteiger partial charge is 0.358 e. The minimum Gasteiger partial charge on any atom is -0.358 e. The first kappa shape index (κ1) is 13.5. The van der Waals surface area contributed by atoms with Gasteiger partial charge in [-0.2, -0.15) is 0 Å². The Balaban J connectivity index is 2.20. The highest BCUT2D eigenvalue weighted by molar-refractivity contribution is 5.79. The summed E-state index contributed by atoms with van der Waals surface area (Å²) in [6.07, 6.45) is 2.01. The molecule has 94 valence electrons. The summed E-state index contributed by atoms with van der Waals surface area (Å²) in [7, 11) is 4.24. The van der Waals surface area contributed by atoms with Gasteiger partial charge in [-0.3, -0.25) is 10.3 Å². The molecule has 1 fully saturated rings. The van der Waals surface area contributed by atoms with E-state index in [0.717, 1.165) is 57.9 Å². The predicted octanol–water partition coefficient (Wildman–Crippen LogP) is 0.943. The highest BCUT2D eigenvalue weighted by Crippen LogP contribution is 2.05. The second-order valence-electron chi connectivity index (χ2n) is 4.83. The van der Waals surface area contributed by atoms with Crippen LogP contribution in [0, 0.1) is 5.41 Å². The molecule has 4 heteroatoms. The molecule has 0 bridgehead atoms. The Labute approximate surface area is 99.7 Å². The van der Waals surface area contributed by atoms with Crippen LogP contribution >= 0.6 is 0 Å². The van der Waals surface area contributed by atoms with Crippen molar-refractivity contribution in [1.82, 2.24) is 14.7 Å². The Hall–Kier alpha value is -0.610. The highest BCUT2D eigenvalue weighted by Gasteiger charge is 2.17. The van der Waals surface area contributed by atoms with Crippen molar-refractivity contribution >= 4 is 5.84 Å². The van der Waals surface area contributed by atoms with Crippen LogP contribution in [-0.4, -0.2) is 73.9 Å². The minimum absolute atomic E-state index is 0.828. The Kier molecular flexibility index (Phi) is 5.77. The van der Waals surface area contributed by atoms with E-state index in [2.05, 4.69) is 35.7 Å². The third-order valence-electron chi connectivity index (χ3n) is 3.10. The third kappa shape index (κ3) is 4.49. The van der Waals surface area contributed by atoms with Gasteiger partial charge in [-0.05, 0) is 20.5 Å². The van der Waals surface area contributed by atoms with Gasteiger partial charge in [-0.1, -0.05) is 6.92 Å². The number of hydrogen-bond donors (Lipinski definition) is 1. The zero-order valence-electron chi connectivity index (χ0n) is 11.0. The molecular weight excluding hydrogens is 200 g/mol. The molecule has 0 aromatic heterocycles. The lowest BCUT2D eigenvalue weighted by atomic mass is 10.2. The van der Waals surface area contributed by atoms with E-state index in [9.17, 15) is 0 Å². The van der Waals surface area contributed by atoms with Crippen LogP contribution in [-0.2, 0) is 0 Å². The van der Waals surface area contributed by atoms with Crippen LogP contribution in [0.2, 0.25) is 0 Å². The number of hydrogen-bond acceptors (Lipinski definition) is 3. The van der Waals surface area contributed by atoms with Gasteiger partial charge in [0.05, 0.1) is 5.84 Å². The molecule has 0 radical (unpaired) electrons. The van der Waals surface area contributed by atoms with Crippen LogP contribution < -0.4 is 0 Å². The summed E-state index contributed by atoms with van der Waals surface area (Å²) < 4.78 is 0. The van der Waals surface area contributed by atoms with Gasteiger partial charge in [-0.25, -0.2) is 0 Å². The number of amidine groups is 1. The lowest BCUT2D eigenvalue weighted by molar-refractivity contribution is 0.167. The second kappa shape index (κ2) is 6.86. The molecule has 1 heterocycles. The van der Waals surface area contributed by atoms with Gasteiger partial charge >= 0.3 is 0 Å². The highest BCUT2D eigenvalue weighted by atomic mass is 15.3. The van der Waals surface area contributed by atoms with Crippen molar-refractivity contribution in [1.29, 1.82) is 5.41 Å². The van der Waals surface area contributed by atoms with Crippen molar-refractivity contribution in [2.75, 3.05) is 53.4 Å². The summed E-state index contributed by atoms with van der Waals surface area (Å²) in [5.74, 6) is 0.828. The maximum Gasteiger partial charge on any atom is 0.0958 e. The molecule has 0 unspecified atom stereocenters. The average Bonchev–Trinajstić information content (AvgIpc) is 2.27. The van der Waals surface area contributed by atoms with Crippen LogP contribution in [0.4, 0.5) is 0 Å². The lowest BCUT2D eigenvalue weighted by Gasteiger charge is -2.36. The van der Waals surface area contributed by atoms with E-state index in [1.54, 1.807) is 0 Å². The van der Waals surface area contributed by atoms with Crippen molar-refractivity contribution in [2.45, 2.75) is 19.8 Å². The maximum atomic E-state index is 7.92. The molecule has 1 N–H and O–H groups in total. The fourth-order valence-electron chi connectivity index (χ4n) is 1.98. The summed E-state index contributed by atoms with van der Waals surface area (Å²) in [5, 5.41) is 7.92. The minimum atomic E-state index is 0.828. The number of nitrogens with zero attached hydrogens (tertiary/aromatic N) is 3. The topological polar surface area (TPSA) is 33.6 Å². The number of nitrogens with one attached hydrogen (secondary N) is 1. The Morgan fingerprint density at radius 2 is 1.81 bits per heavy atom. The Morgan fingerprint density at radius 3 is 2.31 bits per heavy atom. The van der Waals surface area contributed by atoms with E-state index in [4.69, 9.17) is 5.41 Å². The molecule has 1 aliphatic rings. The molecule has 1 aliphatic heterocycles. The van der Waals surface area contributed by atoms with Crippen molar-refractivity contribution in [3.63, 3.8) is 0 Å². The summed E-state index contributed by atoms with van der Waals surface area (Å²) >= 11 is 0. The van der Waals surface area contributed by atoms with Gasteiger partial charge in [-0.15, -0.1) is 0 Å². The first-order valence-electron chi connectivity index (χ1n) is 6.33. The third-order valence-corrected chi connectivity index (χ3v) is 3.10. The van der Waals surface area contributed by atoms with E-state index in [1.165, 1.54) is 0 Å². The van der Waals surface area contributed by atoms with Gasteiger partial charge in [0.15, 0.2) is 0 Å². The first-order chi connectivity index (χ1) is 7.63. The fraction of sp³-hybridized carbons (Fsp3) is 0.917. The van der Waals surface area contributed by atoms with E-state index >= 15 is 0 Å². The van der Waals surface area contributed by atoms with Crippen molar-refractivity contribution in [3.05, 3.63) is 0 Å². The van der Waals surface area contributed by atoms with Gasteiger partial charge in [0.2, 0.25) is 0 Å². The predicted molar refractivity (Wildman–Crippen MR) is 69.2 cm³/mol. The van der Waals surface area contributed by atoms with Gasteiger partial charge in [0.25, 0.3) is 0 Å². The van der Waals surface area contributed by atoms with Crippen LogP contribution in [0.25, 0.3) is 0 Å². The summed E-state index contributed by atoms with van der Waals surface area (Å²) in [4.78, 5) is 6.96. The summed E-state index contributed by atoms with van der Waals surface area (Å²) in [5.41, 5.74) is 0. The molecule has 0 atom stereocenters. The number of rotatable bonds is 5. The van der Waals surface area contributed by atoms with Crippen LogP contribution in [0.15, 0.2) is 0 Å². The molecule has 0 saturated carbocycles. The molecular formula is C12H26N4. The molecule has 0 aliphatic carbocycles. The zero-order valence-corrected chi connectivity index (χ0v) is 11.0. The quantitative estimate of drug-likeness (QED) is 0.559. The molecule has 16 heavy (non-hydrogen) atoms. The zero-order chi connectivity index (χ0) is 12.0. The SMILES string of the molecule is CCCC(=N)N1CCN(CCN(C)C)CC1. The van der Waals surface area contributed by atoms with E-state index < -0.39 is 0 Å². The van der Waals surface area contributed by atoms with E-state index in [0.29, 0.717) is 0 Å². The molecule has 0 spiro atoms. The molecule has 0 amide bonds. The number of piperazine rings is 1. The van der Waals surface area contributed by atoms with Crippen molar-refractivity contribution < 1.29 is 0 Å². The molecule has 0 aromatic rings. The molecule has 1 rings (SSSR count). The van der Waals surface area contributed by atoms with E-state index in [1.807, 2.05) is 0 Å².